The molecule has 2 amide bonds. The van der Waals surface area contributed by atoms with Crippen molar-refractivity contribution in [3.05, 3.63) is 11.1 Å². The van der Waals surface area contributed by atoms with E-state index in [-0.39, 0.29) is 18.4 Å². The van der Waals surface area contributed by atoms with Crippen LogP contribution < -0.4 is 5.32 Å². The Morgan fingerprint density at radius 1 is 1.35 bits per heavy atom. The van der Waals surface area contributed by atoms with Crippen molar-refractivity contribution in [1.82, 2.24) is 14.8 Å². The molecule has 0 unspecified atom stereocenters. The van der Waals surface area contributed by atoms with Gasteiger partial charge >= 0.3 is 0 Å². The van der Waals surface area contributed by atoms with Crippen molar-refractivity contribution >= 4 is 28.3 Å². The highest BCUT2D eigenvalue weighted by Gasteiger charge is 2.19. The number of rotatable bonds is 10. The van der Waals surface area contributed by atoms with E-state index in [4.69, 9.17) is 4.74 Å². The van der Waals surface area contributed by atoms with Crippen LogP contribution in [-0.4, -0.2) is 72.5 Å². The average molecular weight is 383 g/mol. The number of nitrogens with zero attached hydrogens (tertiary/aromatic N) is 3. The Morgan fingerprint density at radius 3 is 2.77 bits per heavy atom. The van der Waals surface area contributed by atoms with Gasteiger partial charge in [0.05, 0.1) is 25.5 Å². The van der Waals surface area contributed by atoms with Crippen LogP contribution in [0.25, 0.3) is 0 Å². The van der Waals surface area contributed by atoms with Gasteiger partial charge in [-0.3, -0.25) is 14.5 Å². The molecule has 0 aromatic carbocycles. The van der Waals surface area contributed by atoms with Crippen molar-refractivity contribution in [3.63, 3.8) is 0 Å². The molecule has 1 aromatic heterocycles. The standard InChI is InChI=1S/C18H30N4O3S/c1-3-4-5-6-17(24)22(8-7-21-9-11-25-12-10-21)13-16(23)20-18-19-15(2)14-26-18/h14H,3-13H2,1-2H3,(H,19,20,23). The van der Waals surface area contributed by atoms with E-state index in [1.165, 1.54) is 11.3 Å². The lowest BCUT2D eigenvalue weighted by molar-refractivity contribution is -0.135. The smallest absolute Gasteiger partial charge is 0.245 e. The number of carbonyl (C=O) groups excluding carboxylic acids is 2. The maximum absolute atomic E-state index is 12.6. The summed E-state index contributed by atoms with van der Waals surface area (Å²) in [4.78, 5) is 33.1. The molecule has 7 nitrogen and oxygen atoms in total. The summed E-state index contributed by atoms with van der Waals surface area (Å²) in [7, 11) is 0. The van der Waals surface area contributed by atoms with E-state index in [0.29, 0.717) is 18.1 Å². The van der Waals surface area contributed by atoms with Crippen LogP contribution in [0.3, 0.4) is 0 Å². The van der Waals surface area contributed by atoms with Gasteiger partial charge in [0.25, 0.3) is 0 Å². The number of ether oxygens (including phenoxy) is 1. The molecule has 2 rings (SSSR count). The topological polar surface area (TPSA) is 74.8 Å². The summed E-state index contributed by atoms with van der Waals surface area (Å²) < 4.78 is 5.36. The second kappa shape index (κ2) is 11.3. The largest absolute Gasteiger partial charge is 0.379 e. The summed E-state index contributed by atoms with van der Waals surface area (Å²) >= 11 is 1.40. The molecule has 2 heterocycles. The van der Waals surface area contributed by atoms with Crippen molar-refractivity contribution < 1.29 is 14.3 Å². The number of amides is 2. The van der Waals surface area contributed by atoms with E-state index in [1.54, 1.807) is 4.90 Å². The highest BCUT2D eigenvalue weighted by atomic mass is 32.1. The van der Waals surface area contributed by atoms with Crippen LogP contribution in [0.5, 0.6) is 0 Å². The van der Waals surface area contributed by atoms with Crippen LogP contribution >= 0.6 is 11.3 Å². The molecule has 0 aliphatic carbocycles. The van der Waals surface area contributed by atoms with Crippen molar-refractivity contribution in [3.8, 4) is 0 Å². The highest BCUT2D eigenvalue weighted by molar-refractivity contribution is 7.13. The van der Waals surface area contributed by atoms with E-state index in [1.807, 2.05) is 12.3 Å². The third-order valence-corrected chi connectivity index (χ3v) is 5.21. The summed E-state index contributed by atoms with van der Waals surface area (Å²) in [6.45, 7) is 8.63. The fraction of sp³-hybridized carbons (Fsp3) is 0.722. The molecule has 0 spiro atoms. The average Bonchev–Trinajstić information content (AvgIpc) is 3.04. The third kappa shape index (κ3) is 7.39. The summed E-state index contributed by atoms with van der Waals surface area (Å²) in [5, 5.41) is 5.27. The Balaban J connectivity index is 1.87. The molecule has 1 fully saturated rings. The molecule has 1 N–H and O–H groups in total. The first-order chi connectivity index (χ1) is 12.6. The van der Waals surface area contributed by atoms with Crippen LogP contribution in [0.2, 0.25) is 0 Å². The maximum atomic E-state index is 12.6. The van der Waals surface area contributed by atoms with Crippen molar-refractivity contribution in [2.24, 2.45) is 0 Å². The lowest BCUT2D eigenvalue weighted by Crippen LogP contribution is -2.45. The van der Waals surface area contributed by atoms with Crippen molar-refractivity contribution in [2.45, 2.75) is 39.5 Å². The molecule has 1 aromatic rings. The molecule has 0 bridgehead atoms. The number of carbonyl (C=O) groups is 2. The molecule has 0 radical (unpaired) electrons. The number of anilines is 1. The van der Waals surface area contributed by atoms with E-state index in [2.05, 4.69) is 22.1 Å². The highest BCUT2D eigenvalue weighted by Crippen LogP contribution is 2.14. The maximum Gasteiger partial charge on any atom is 0.245 e. The number of thiazole rings is 1. The second-order valence-electron chi connectivity index (χ2n) is 6.57. The molecular weight excluding hydrogens is 352 g/mol. The minimum absolute atomic E-state index is 0.0529. The lowest BCUT2D eigenvalue weighted by atomic mass is 10.2. The van der Waals surface area contributed by atoms with Crippen molar-refractivity contribution in [2.75, 3.05) is 51.3 Å². The van der Waals surface area contributed by atoms with Gasteiger partial charge in [0.1, 0.15) is 0 Å². The van der Waals surface area contributed by atoms with Gasteiger partial charge in [-0.2, -0.15) is 0 Å². The number of aryl methyl sites for hydroxylation is 1. The number of hydrogen-bond acceptors (Lipinski definition) is 6. The molecule has 146 valence electrons. The van der Waals surface area contributed by atoms with Crippen LogP contribution in [0.15, 0.2) is 5.38 Å². The number of aromatic nitrogens is 1. The van der Waals surface area contributed by atoms with E-state index in [0.717, 1.165) is 57.8 Å². The van der Waals surface area contributed by atoms with Gasteiger partial charge < -0.3 is 15.0 Å². The number of nitrogens with one attached hydrogen (secondary N) is 1. The minimum Gasteiger partial charge on any atom is -0.379 e. The molecule has 0 atom stereocenters. The molecule has 1 saturated heterocycles. The van der Waals surface area contributed by atoms with E-state index in [9.17, 15) is 9.59 Å². The first-order valence-corrected chi connectivity index (χ1v) is 10.3. The summed E-state index contributed by atoms with van der Waals surface area (Å²) in [6.07, 6.45) is 3.48. The summed E-state index contributed by atoms with van der Waals surface area (Å²) in [6, 6.07) is 0. The zero-order valence-electron chi connectivity index (χ0n) is 15.8. The van der Waals surface area contributed by atoms with Gasteiger partial charge in [0.2, 0.25) is 11.8 Å². The van der Waals surface area contributed by atoms with Crippen LogP contribution in [0.4, 0.5) is 5.13 Å². The molecule has 1 aliphatic rings. The Hall–Kier alpha value is -1.51. The molecule has 26 heavy (non-hydrogen) atoms. The number of morpholine rings is 1. The zero-order chi connectivity index (χ0) is 18.8. The van der Waals surface area contributed by atoms with Crippen LogP contribution in [-0.2, 0) is 14.3 Å². The zero-order valence-corrected chi connectivity index (χ0v) is 16.6. The Morgan fingerprint density at radius 2 is 2.12 bits per heavy atom. The first kappa shape index (κ1) is 20.8. The van der Waals surface area contributed by atoms with E-state index < -0.39 is 0 Å². The van der Waals surface area contributed by atoms with Crippen LogP contribution in [0.1, 0.15) is 38.3 Å². The molecular formula is C18H30N4O3S. The Bertz CT molecular complexity index is 573. The van der Waals surface area contributed by atoms with Gasteiger partial charge in [-0.05, 0) is 13.3 Å². The van der Waals surface area contributed by atoms with Gasteiger partial charge in [-0.1, -0.05) is 19.8 Å². The lowest BCUT2D eigenvalue weighted by Gasteiger charge is -2.30. The molecule has 8 heteroatoms. The molecule has 0 saturated carbocycles. The Labute approximate surface area is 159 Å². The predicted octanol–water partition coefficient (Wildman–Crippen LogP) is 2.13. The summed E-state index contributed by atoms with van der Waals surface area (Å²) in [5.41, 5.74) is 0.880. The first-order valence-electron chi connectivity index (χ1n) is 9.38. The quantitative estimate of drug-likeness (QED) is 0.628. The van der Waals surface area contributed by atoms with Crippen LogP contribution in [0, 0.1) is 6.92 Å². The third-order valence-electron chi connectivity index (χ3n) is 4.34. The predicted molar refractivity (Wildman–Crippen MR) is 103 cm³/mol. The fourth-order valence-corrected chi connectivity index (χ4v) is 3.51. The number of unbranched alkanes of at least 4 members (excludes halogenated alkanes) is 2. The normalized spacial score (nSPS) is 15.0. The summed E-state index contributed by atoms with van der Waals surface area (Å²) in [5.74, 6) is -0.137. The van der Waals surface area contributed by atoms with Gasteiger partial charge in [0.15, 0.2) is 5.13 Å². The Kier molecular flexibility index (Phi) is 9.00. The minimum atomic E-state index is -0.190. The second-order valence-corrected chi connectivity index (χ2v) is 7.43. The van der Waals surface area contributed by atoms with E-state index >= 15 is 0 Å². The van der Waals surface area contributed by atoms with Crippen molar-refractivity contribution in [1.29, 1.82) is 0 Å². The van der Waals surface area contributed by atoms with Gasteiger partial charge in [0, 0.05) is 38.0 Å². The SMILES string of the molecule is CCCCCC(=O)N(CCN1CCOCC1)CC(=O)Nc1nc(C)cs1. The monoisotopic (exact) mass is 382 g/mol. The molecule has 1 aliphatic heterocycles. The fourth-order valence-electron chi connectivity index (χ4n) is 2.81. The van der Waals surface area contributed by atoms with Gasteiger partial charge in [-0.15, -0.1) is 11.3 Å². The van der Waals surface area contributed by atoms with Gasteiger partial charge in [-0.25, -0.2) is 4.98 Å². The number of hydrogen-bond donors (Lipinski definition) is 1.